The highest BCUT2D eigenvalue weighted by Crippen LogP contribution is 2.23. The Morgan fingerprint density at radius 1 is 1.32 bits per heavy atom. The smallest absolute Gasteiger partial charge is 0.264 e. The third kappa shape index (κ3) is 5.80. The summed E-state index contributed by atoms with van der Waals surface area (Å²) in [7, 11) is 3.15. The fourth-order valence-electron chi connectivity index (χ4n) is 1.92. The van der Waals surface area contributed by atoms with Gasteiger partial charge in [0.25, 0.3) is 5.91 Å². The average Bonchev–Trinajstić information content (AvgIpc) is 3.02. The third-order valence-corrected chi connectivity index (χ3v) is 4.69. The number of anilines is 1. The summed E-state index contributed by atoms with van der Waals surface area (Å²) in [6, 6.07) is 6.89. The molecule has 9 heteroatoms. The number of nitrogens with zero attached hydrogens (tertiary/aromatic N) is 2. The SMILES string of the molecule is COCCOc1ncccc1NC(=O)CN(C)C(=O)c1ccc(Br)s1. The molecule has 0 aliphatic heterocycles. The summed E-state index contributed by atoms with van der Waals surface area (Å²) >= 11 is 4.64. The standard InChI is InChI=1S/C16H18BrN3O4S/c1-20(16(22)12-5-6-13(17)25-12)10-14(21)19-11-4-3-7-18-15(11)24-9-8-23-2/h3-7H,8-10H2,1-2H3,(H,19,21). The van der Waals surface area contributed by atoms with Crippen LogP contribution in [-0.2, 0) is 9.53 Å². The zero-order chi connectivity index (χ0) is 18.2. The van der Waals surface area contributed by atoms with Crippen molar-refractivity contribution in [3.05, 3.63) is 39.1 Å². The Kier molecular flexibility index (Phi) is 7.35. The predicted molar refractivity (Wildman–Crippen MR) is 99.2 cm³/mol. The van der Waals surface area contributed by atoms with Crippen molar-refractivity contribution in [3.8, 4) is 5.88 Å². The molecule has 0 saturated carbocycles. The molecule has 0 bridgehead atoms. The molecule has 7 nitrogen and oxygen atoms in total. The zero-order valence-corrected chi connectivity index (χ0v) is 16.2. The van der Waals surface area contributed by atoms with E-state index in [4.69, 9.17) is 9.47 Å². The van der Waals surface area contributed by atoms with Gasteiger partial charge in [-0.25, -0.2) is 4.98 Å². The second-order valence-electron chi connectivity index (χ2n) is 5.01. The Morgan fingerprint density at radius 2 is 2.12 bits per heavy atom. The quantitative estimate of drug-likeness (QED) is 0.654. The van der Waals surface area contributed by atoms with Gasteiger partial charge in [-0.1, -0.05) is 0 Å². The van der Waals surface area contributed by atoms with Crippen LogP contribution in [0, 0.1) is 0 Å². The van der Waals surface area contributed by atoms with Crippen LogP contribution >= 0.6 is 27.3 Å². The first-order valence-corrected chi connectivity index (χ1v) is 8.99. The predicted octanol–water partition coefficient (Wildman–Crippen LogP) is 2.64. The number of thiophene rings is 1. The fraction of sp³-hybridized carbons (Fsp3) is 0.312. The van der Waals surface area contributed by atoms with Gasteiger partial charge < -0.3 is 19.7 Å². The largest absolute Gasteiger partial charge is 0.474 e. The molecule has 25 heavy (non-hydrogen) atoms. The molecule has 0 saturated heterocycles. The van der Waals surface area contributed by atoms with Crippen LogP contribution in [-0.4, -0.2) is 55.6 Å². The molecule has 0 fully saturated rings. The number of aromatic nitrogens is 1. The molecular formula is C16H18BrN3O4S. The third-order valence-electron chi connectivity index (χ3n) is 3.08. The van der Waals surface area contributed by atoms with E-state index < -0.39 is 0 Å². The number of carbonyl (C=O) groups is 2. The highest BCUT2D eigenvalue weighted by atomic mass is 79.9. The first kappa shape index (κ1) is 19.4. The summed E-state index contributed by atoms with van der Waals surface area (Å²) in [5.41, 5.74) is 0.448. The lowest BCUT2D eigenvalue weighted by Gasteiger charge is -2.16. The number of nitrogens with one attached hydrogen (secondary N) is 1. The van der Waals surface area contributed by atoms with Crippen molar-refractivity contribution in [3.63, 3.8) is 0 Å². The number of hydrogen-bond donors (Lipinski definition) is 1. The minimum Gasteiger partial charge on any atom is -0.474 e. The minimum atomic E-state index is -0.337. The Morgan fingerprint density at radius 3 is 2.80 bits per heavy atom. The normalized spacial score (nSPS) is 10.4. The fourth-order valence-corrected chi connectivity index (χ4v) is 3.30. The molecule has 134 valence electrons. The van der Waals surface area contributed by atoms with Crippen LogP contribution in [0.2, 0.25) is 0 Å². The maximum absolute atomic E-state index is 12.3. The number of carbonyl (C=O) groups excluding carboxylic acids is 2. The first-order valence-electron chi connectivity index (χ1n) is 7.38. The number of pyridine rings is 1. The number of ether oxygens (including phenoxy) is 2. The Bertz CT molecular complexity index is 738. The van der Waals surface area contributed by atoms with Crippen LogP contribution in [0.5, 0.6) is 5.88 Å². The summed E-state index contributed by atoms with van der Waals surface area (Å²) in [4.78, 5) is 30.5. The molecule has 0 aliphatic carbocycles. The van der Waals surface area contributed by atoms with E-state index in [-0.39, 0.29) is 18.4 Å². The van der Waals surface area contributed by atoms with Crippen molar-refractivity contribution in [1.82, 2.24) is 9.88 Å². The Labute approximate surface area is 158 Å². The van der Waals surface area contributed by atoms with E-state index >= 15 is 0 Å². The van der Waals surface area contributed by atoms with Gasteiger partial charge in [-0.05, 0) is 40.2 Å². The first-order chi connectivity index (χ1) is 12.0. The molecule has 2 rings (SSSR count). The molecule has 0 aromatic carbocycles. The molecule has 0 radical (unpaired) electrons. The monoisotopic (exact) mass is 427 g/mol. The molecule has 2 amide bonds. The van der Waals surface area contributed by atoms with Crippen LogP contribution in [0.15, 0.2) is 34.2 Å². The molecule has 0 spiro atoms. The summed E-state index contributed by atoms with van der Waals surface area (Å²) in [5, 5.41) is 2.71. The molecular weight excluding hydrogens is 410 g/mol. The summed E-state index contributed by atoms with van der Waals surface area (Å²) in [6.07, 6.45) is 1.57. The zero-order valence-electron chi connectivity index (χ0n) is 13.8. The van der Waals surface area contributed by atoms with Crippen molar-refractivity contribution < 1.29 is 19.1 Å². The van der Waals surface area contributed by atoms with Gasteiger partial charge in [-0.2, -0.15) is 0 Å². The van der Waals surface area contributed by atoms with Gasteiger partial charge in [0.15, 0.2) is 0 Å². The summed E-state index contributed by atoms with van der Waals surface area (Å²) < 4.78 is 11.3. The topological polar surface area (TPSA) is 80.8 Å². The number of halogens is 1. The molecule has 0 unspecified atom stereocenters. The molecule has 1 N–H and O–H groups in total. The van der Waals surface area contributed by atoms with Crippen molar-refractivity contribution in [1.29, 1.82) is 0 Å². The van der Waals surface area contributed by atoms with E-state index in [1.54, 1.807) is 44.6 Å². The molecule has 2 aromatic heterocycles. The number of likely N-dealkylation sites (N-methyl/N-ethyl adjacent to an activating group) is 1. The average molecular weight is 428 g/mol. The van der Waals surface area contributed by atoms with Crippen molar-refractivity contribution >= 4 is 44.8 Å². The van der Waals surface area contributed by atoms with Gasteiger partial charge in [0.05, 0.1) is 21.8 Å². The van der Waals surface area contributed by atoms with E-state index in [9.17, 15) is 9.59 Å². The number of amides is 2. The van der Waals surface area contributed by atoms with Crippen LogP contribution in [0.4, 0.5) is 5.69 Å². The van der Waals surface area contributed by atoms with Crippen LogP contribution in [0.3, 0.4) is 0 Å². The van der Waals surface area contributed by atoms with Crippen LogP contribution in [0.1, 0.15) is 9.67 Å². The molecule has 2 heterocycles. The summed E-state index contributed by atoms with van der Waals surface area (Å²) in [6.45, 7) is 0.653. The Balaban J connectivity index is 1.94. The van der Waals surface area contributed by atoms with E-state index in [1.165, 1.54) is 16.2 Å². The van der Waals surface area contributed by atoms with Gasteiger partial charge >= 0.3 is 0 Å². The van der Waals surface area contributed by atoms with Crippen molar-refractivity contribution in [2.75, 3.05) is 39.2 Å². The van der Waals surface area contributed by atoms with Gasteiger partial charge in [-0.3, -0.25) is 9.59 Å². The minimum absolute atomic E-state index is 0.0826. The number of rotatable bonds is 8. The van der Waals surface area contributed by atoms with Crippen molar-refractivity contribution in [2.24, 2.45) is 0 Å². The Hall–Kier alpha value is -1.97. The maximum atomic E-state index is 12.3. The highest BCUT2D eigenvalue weighted by molar-refractivity contribution is 9.11. The lowest BCUT2D eigenvalue weighted by Crippen LogP contribution is -2.34. The van der Waals surface area contributed by atoms with Crippen LogP contribution < -0.4 is 10.1 Å². The van der Waals surface area contributed by atoms with Gasteiger partial charge in [0, 0.05) is 20.4 Å². The second-order valence-corrected chi connectivity index (χ2v) is 7.47. The van der Waals surface area contributed by atoms with E-state index in [1.807, 2.05) is 0 Å². The van der Waals surface area contributed by atoms with E-state index in [2.05, 4.69) is 26.2 Å². The molecule has 0 aliphatic rings. The second kappa shape index (κ2) is 9.50. The van der Waals surface area contributed by atoms with E-state index in [0.717, 1.165) is 3.79 Å². The van der Waals surface area contributed by atoms with Gasteiger partial charge in [0.2, 0.25) is 11.8 Å². The number of methoxy groups -OCH3 is 1. The molecule has 2 aromatic rings. The van der Waals surface area contributed by atoms with E-state index in [0.29, 0.717) is 29.7 Å². The highest BCUT2D eigenvalue weighted by Gasteiger charge is 2.17. The van der Waals surface area contributed by atoms with Crippen LogP contribution in [0.25, 0.3) is 0 Å². The summed E-state index contributed by atoms with van der Waals surface area (Å²) in [5.74, 6) is -0.242. The van der Waals surface area contributed by atoms with Gasteiger partial charge in [-0.15, -0.1) is 11.3 Å². The lowest BCUT2D eigenvalue weighted by molar-refractivity contribution is -0.116. The number of hydrogen-bond acceptors (Lipinski definition) is 6. The maximum Gasteiger partial charge on any atom is 0.264 e. The molecule has 0 atom stereocenters. The lowest BCUT2D eigenvalue weighted by atomic mass is 10.3. The van der Waals surface area contributed by atoms with Gasteiger partial charge in [0.1, 0.15) is 12.3 Å². The van der Waals surface area contributed by atoms with Crippen molar-refractivity contribution in [2.45, 2.75) is 0 Å².